The van der Waals surface area contributed by atoms with Gasteiger partial charge in [-0.3, -0.25) is 9.59 Å². The van der Waals surface area contributed by atoms with Crippen LogP contribution in [0.2, 0.25) is 0 Å². The third kappa shape index (κ3) is 4.23. The van der Waals surface area contributed by atoms with Gasteiger partial charge in [-0.15, -0.1) is 0 Å². The van der Waals surface area contributed by atoms with Crippen LogP contribution in [0.25, 0.3) is 4.85 Å². The number of carbonyl (C=O) groups excluding carboxylic acids is 2. The van der Waals surface area contributed by atoms with E-state index in [1.54, 1.807) is 6.92 Å². The van der Waals surface area contributed by atoms with E-state index in [4.69, 9.17) is 11.3 Å². The summed E-state index contributed by atoms with van der Waals surface area (Å²) in [7, 11) is 0. The van der Waals surface area contributed by atoms with E-state index in [2.05, 4.69) is 4.85 Å². The highest BCUT2D eigenvalue weighted by molar-refractivity contribution is 6.08. The van der Waals surface area contributed by atoms with Crippen molar-refractivity contribution in [2.45, 2.75) is 51.7 Å². The second kappa shape index (κ2) is 8.12. The van der Waals surface area contributed by atoms with Gasteiger partial charge in [-0.25, -0.2) is 6.57 Å². The molecule has 0 N–H and O–H groups in total. The number of hydrogen-bond acceptors (Lipinski definition) is 3. The summed E-state index contributed by atoms with van der Waals surface area (Å²) in [5, 5.41) is 0. The van der Waals surface area contributed by atoms with Crippen molar-refractivity contribution in [2.24, 2.45) is 0 Å². The number of aromatic nitrogens is 1. The number of nitrogens with zero attached hydrogens (tertiary/aromatic N) is 2. The van der Waals surface area contributed by atoms with E-state index < -0.39 is 5.60 Å². The van der Waals surface area contributed by atoms with Crippen molar-refractivity contribution < 1.29 is 14.3 Å². The topological polar surface area (TPSA) is 52.7 Å². The summed E-state index contributed by atoms with van der Waals surface area (Å²) < 4.78 is 7.76. The zero-order valence-corrected chi connectivity index (χ0v) is 16.7. The first kappa shape index (κ1) is 20.0. The highest BCUT2D eigenvalue weighted by Gasteiger charge is 2.29. The first-order valence-corrected chi connectivity index (χ1v) is 9.63. The summed E-state index contributed by atoms with van der Waals surface area (Å²) in [6.45, 7) is 14.0. The molecule has 0 bridgehead atoms. The van der Waals surface area contributed by atoms with E-state index in [-0.39, 0.29) is 17.5 Å². The first-order chi connectivity index (χ1) is 13.3. The summed E-state index contributed by atoms with van der Waals surface area (Å²) in [5.74, 6) is 0.0504. The van der Waals surface area contributed by atoms with E-state index in [0.717, 1.165) is 24.1 Å². The van der Waals surface area contributed by atoms with Crippen LogP contribution in [-0.4, -0.2) is 34.9 Å². The third-order valence-electron chi connectivity index (χ3n) is 5.30. The number of Topliss-reactive ketones (excluding diaryl/α,β-unsaturated/α-hetero) is 1. The number of rotatable bonds is 8. The van der Waals surface area contributed by atoms with Gasteiger partial charge in [0.1, 0.15) is 11.4 Å². The van der Waals surface area contributed by atoms with Crippen molar-refractivity contribution in [3.63, 3.8) is 0 Å². The van der Waals surface area contributed by atoms with Crippen LogP contribution in [0.1, 0.15) is 60.4 Å². The van der Waals surface area contributed by atoms with Gasteiger partial charge in [0.2, 0.25) is 12.3 Å². The molecule has 0 spiro atoms. The van der Waals surface area contributed by atoms with Gasteiger partial charge < -0.3 is 14.1 Å². The molecule has 5 heteroatoms. The summed E-state index contributed by atoms with van der Waals surface area (Å²) in [5.41, 5.74) is 2.89. The third-order valence-corrected chi connectivity index (χ3v) is 5.30. The first-order valence-electron chi connectivity index (χ1n) is 9.63. The Morgan fingerprint density at radius 1 is 1.21 bits per heavy atom. The van der Waals surface area contributed by atoms with Gasteiger partial charge >= 0.3 is 0 Å². The van der Waals surface area contributed by atoms with Crippen molar-refractivity contribution in [2.75, 3.05) is 13.2 Å². The average molecular weight is 378 g/mol. The Morgan fingerprint density at radius 3 is 2.57 bits per heavy atom. The predicted molar refractivity (Wildman–Crippen MR) is 108 cm³/mol. The molecule has 146 valence electrons. The number of hydrogen-bond donors (Lipinski definition) is 0. The van der Waals surface area contributed by atoms with E-state index >= 15 is 0 Å². The van der Waals surface area contributed by atoms with Crippen LogP contribution in [0.5, 0.6) is 0 Å². The Bertz CT molecular complexity index is 916. The molecule has 5 nitrogen and oxygen atoms in total. The van der Waals surface area contributed by atoms with Crippen molar-refractivity contribution in [3.8, 4) is 0 Å². The van der Waals surface area contributed by atoms with Crippen molar-refractivity contribution in [1.29, 1.82) is 0 Å². The maximum atomic E-state index is 12.9. The standard InChI is InChI=1S/C23H26N2O3/c1-16(26)19-11-13-25-20(19)9-10-21(25)22(27)18-7-5-17(6-8-18)12-14-28-23(2,3)15-24-4/h5-10,19H,11-15H2,1-3H3/t19-/m1/s1. The molecule has 0 fully saturated rings. The number of fused-ring (bicyclic) bond motifs is 1. The minimum atomic E-state index is -0.440. The van der Waals surface area contributed by atoms with Gasteiger partial charge in [-0.2, -0.15) is 0 Å². The molecular weight excluding hydrogens is 352 g/mol. The number of carbonyl (C=O) groups is 2. The lowest BCUT2D eigenvalue weighted by atomic mass is 10.0. The van der Waals surface area contributed by atoms with E-state index in [1.807, 2.05) is 54.8 Å². The molecule has 0 amide bonds. The highest BCUT2D eigenvalue weighted by Crippen LogP contribution is 2.31. The van der Waals surface area contributed by atoms with E-state index in [9.17, 15) is 9.59 Å². The maximum absolute atomic E-state index is 12.9. The molecule has 0 unspecified atom stereocenters. The fourth-order valence-electron chi connectivity index (χ4n) is 3.70. The molecule has 0 saturated carbocycles. The second-order valence-corrected chi connectivity index (χ2v) is 7.95. The Balaban J connectivity index is 1.65. The predicted octanol–water partition coefficient (Wildman–Crippen LogP) is 4.05. The van der Waals surface area contributed by atoms with Crippen LogP contribution < -0.4 is 0 Å². The molecule has 1 aliphatic rings. The minimum Gasteiger partial charge on any atom is -0.367 e. The second-order valence-electron chi connectivity index (χ2n) is 7.95. The zero-order chi connectivity index (χ0) is 20.3. The molecule has 1 aromatic heterocycles. The van der Waals surface area contributed by atoms with Crippen LogP contribution in [-0.2, 0) is 22.5 Å². The molecule has 1 aliphatic heterocycles. The Labute approximate surface area is 166 Å². The van der Waals surface area contributed by atoms with Gasteiger partial charge in [-0.1, -0.05) is 24.3 Å². The Morgan fingerprint density at radius 2 is 1.93 bits per heavy atom. The lowest BCUT2D eigenvalue weighted by molar-refractivity contribution is -0.118. The smallest absolute Gasteiger partial charge is 0.242 e. The lowest BCUT2D eigenvalue weighted by Gasteiger charge is -2.19. The minimum absolute atomic E-state index is 0.0172. The monoisotopic (exact) mass is 378 g/mol. The van der Waals surface area contributed by atoms with Crippen LogP contribution in [0.3, 0.4) is 0 Å². The lowest BCUT2D eigenvalue weighted by Crippen LogP contribution is -2.28. The quantitative estimate of drug-likeness (QED) is 0.514. The molecule has 0 aliphatic carbocycles. The number of ether oxygens (including phenoxy) is 1. The van der Waals surface area contributed by atoms with Crippen LogP contribution >= 0.6 is 0 Å². The molecule has 1 atom stereocenters. The molecule has 2 aromatic rings. The Kier molecular flexibility index (Phi) is 5.81. The van der Waals surface area contributed by atoms with E-state index in [1.165, 1.54) is 0 Å². The summed E-state index contributed by atoms with van der Waals surface area (Å²) >= 11 is 0. The van der Waals surface area contributed by atoms with Gasteiger partial charge in [0, 0.05) is 17.8 Å². The number of ketones is 2. The van der Waals surface area contributed by atoms with Crippen LogP contribution in [0, 0.1) is 6.57 Å². The van der Waals surface area contributed by atoms with Crippen LogP contribution in [0.15, 0.2) is 36.4 Å². The van der Waals surface area contributed by atoms with Gasteiger partial charge in [0.05, 0.1) is 18.2 Å². The van der Waals surface area contributed by atoms with Crippen molar-refractivity contribution >= 4 is 11.6 Å². The zero-order valence-electron chi connectivity index (χ0n) is 16.7. The molecule has 0 radical (unpaired) electrons. The molecular formula is C23H26N2O3. The molecule has 28 heavy (non-hydrogen) atoms. The normalized spacial score (nSPS) is 15.9. The van der Waals surface area contributed by atoms with Crippen molar-refractivity contribution in [1.82, 2.24) is 4.57 Å². The van der Waals surface area contributed by atoms with Gasteiger partial charge in [0.15, 0.2) is 0 Å². The number of benzene rings is 1. The molecule has 1 aromatic carbocycles. The van der Waals surface area contributed by atoms with Crippen LogP contribution in [0.4, 0.5) is 0 Å². The summed E-state index contributed by atoms with van der Waals surface area (Å²) in [4.78, 5) is 28.1. The van der Waals surface area contributed by atoms with E-state index in [0.29, 0.717) is 31.0 Å². The summed E-state index contributed by atoms with van der Waals surface area (Å²) in [6, 6.07) is 11.3. The fourth-order valence-corrected chi connectivity index (χ4v) is 3.70. The largest absolute Gasteiger partial charge is 0.367 e. The van der Waals surface area contributed by atoms with Gasteiger partial charge in [-0.05, 0) is 51.3 Å². The SMILES string of the molecule is [C-]#[N+]CC(C)(C)OCCc1ccc(C(=O)c2ccc3n2CC[C@@H]3C(C)=O)cc1. The molecule has 3 rings (SSSR count). The average Bonchev–Trinajstić information content (AvgIpc) is 3.23. The van der Waals surface area contributed by atoms with Gasteiger partial charge in [0.25, 0.3) is 0 Å². The Hall–Kier alpha value is -2.71. The highest BCUT2D eigenvalue weighted by atomic mass is 16.5. The summed E-state index contributed by atoms with van der Waals surface area (Å²) in [6.07, 6.45) is 1.51. The maximum Gasteiger partial charge on any atom is 0.242 e. The molecule has 2 heterocycles. The molecule has 0 saturated heterocycles. The fraction of sp³-hybridized carbons (Fsp3) is 0.435. The van der Waals surface area contributed by atoms with Crippen molar-refractivity contribution in [3.05, 3.63) is 70.3 Å².